The molecule has 0 atom stereocenters. The molecule has 0 saturated carbocycles. The number of phenolic OH excluding ortho intramolecular Hbond substituents is 1. The van der Waals surface area contributed by atoms with Crippen molar-refractivity contribution in [3.63, 3.8) is 0 Å². The Labute approximate surface area is 132 Å². The van der Waals surface area contributed by atoms with Gasteiger partial charge in [-0.05, 0) is 35.4 Å². The van der Waals surface area contributed by atoms with Crippen molar-refractivity contribution in [2.75, 3.05) is 0 Å². The van der Waals surface area contributed by atoms with Gasteiger partial charge in [-0.25, -0.2) is 0 Å². The fourth-order valence-corrected chi connectivity index (χ4v) is 2.62. The molecule has 0 aliphatic carbocycles. The summed E-state index contributed by atoms with van der Waals surface area (Å²) >= 11 is 1.58. The van der Waals surface area contributed by atoms with Crippen LogP contribution in [-0.4, -0.2) is 26.2 Å². The minimum atomic E-state index is 0.237. The smallest absolute Gasteiger partial charge is 0.212 e. The number of hydrogen-bond acceptors (Lipinski definition) is 5. The molecule has 22 heavy (non-hydrogen) atoms. The first-order valence-electron chi connectivity index (χ1n) is 6.71. The zero-order valence-corrected chi connectivity index (χ0v) is 12.5. The maximum absolute atomic E-state index is 9.26. The van der Waals surface area contributed by atoms with Gasteiger partial charge in [-0.15, -0.1) is 10.2 Å². The van der Waals surface area contributed by atoms with E-state index in [0.717, 1.165) is 16.5 Å². The monoisotopic (exact) mass is 310 g/mol. The number of benzene rings is 2. The van der Waals surface area contributed by atoms with Crippen LogP contribution in [0.5, 0.6) is 5.75 Å². The first-order chi connectivity index (χ1) is 10.8. The van der Waals surface area contributed by atoms with Crippen molar-refractivity contribution in [3.05, 3.63) is 72.1 Å². The third-order valence-electron chi connectivity index (χ3n) is 2.94. The molecule has 110 valence electrons. The summed E-state index contributed by atoms with van der Waals surface area (Å²) < 4.78 is 1.64. The van der Waals surface area contributed by atoms with Crippen LogP contribution in [-0.2, 0) is 5.75 Å². The average Bonchev–Trinajstić information content (AvgIpc) is 3.01. The van der Waals surface area contributed by atoms with E-state index in [0.29, 0.717) is 0 Å². The standard InChI is InChI=1S/C16H14N4OS/c21-15-8-6-13(7-9-15)10-18-20-12-17-19-16(20)22-11-14-4-2-1-3-5-14/h1-10,12,21H,11H2. The van der Waals surface area contributed by atoms with E-state index in [4.69, 9.17) is 0 Å². The Bertz CT molecular complexity index is 753. The second-order valence-electron chi connectivity index (χ2n) is 4.57. The molecule has 0 radical (unpaired) electrons. The number of nitrogens with zero attached hydrogens (tertiary/aromatic N) is 4. The number of thioether (sulfide) groups is 1. The fraction of sp³-hybridized carbons (Fsp3) is 0.0625. The summed E-state index contributed by atoms with van der Waals surface area (Å²) in [7, 11) is 0. The van der Waals surface area contributed by atoms with Gasteiger partial charge in [-0.1, -0.05) is 42.1 Å². The predicted octanol–water partition coefficient (Wildman–Crippen LogP) is 3.16. The van der Waals surface area contributed by atoms with Crippen LogP contribution in [0.1, 0.15) is 11.1 Å². The second-order valence-corrected chi connectivity index (χ2v) is 5.51. The normalized spacial score (nSPS) is 11.1. The highest BCUT2D eigenvalue weighted by atomic mass is 32.2. The Morgan fingerprint density at radius 2 is 1.86 bits per heavy atom. The van der Waals surface area contributed by atoms with Crippen molar-refractivity contribution >= 4 is 18.0 Å². The second kappa shape index (κ2) is 6.91. The van der Waals surface area contributed by atoms with Crippen LogP contribution in [0, 0.1) is 0 Å². The van der Waals surface area contributed by atoms with Crippen LogP contribution >= 0.6 is 11.8 Å². The molecule has 5 nitrogen and oxygen atoms in total. The lowest BCUT2D eigenvalue weighted by Gasteiger charge is -2.01. The number of aromatic nitrogens is 3. The SMILES string of the molecule is Oc1ccc(C=Nn2cnnc2SCc2ccccc2)cc1. The summed E-state index contributed by atoms with van der Waals surface area (Å²) in [4.78, 5) is 0. The van der Waals surface area contributed by atoms with Crippen LogP contribution in [0.3, 0.4) is 0 Å². The molecule has 1 N–H and O–H groups in total. The van der Waals surface area contributed by atoms with Gasteiger partial charge in [0.1, 0.15) is 12.1 Å². The third-order valence-corrected chi connectivity index (χ3v) is 3.94. The van der Waals surface area contributed by atoms with Crippen LogP contribution in [0.4, 0.5) is 0 Å². The lowest BCUT2D eigenvalue weighted by atomic mass is 10.2. The molecule has 0 fully saturated rings. The highest BCUT2D eigenvalue weighted by molar-refractivity contribution is 7.98. The molecule has 0 saturated heterocycles. The molecule has 1 heterocycles. The molecule has 0 unspecified atom stereocenters. The minimum absolute atomic E-state index is 0.237. The minimum Gasteiger partial charge on any atom is -0.508 e. The Morgan fingerprint density at radius 3 is 2.64 bits per heavy atom. The first-order valence-corrected chi connectivity index (χ1v) is 7.70. The van der Waals surface area contributed by atoms with Crippen molar-refractivity contribution in [1.29, 1.82) is 0 Å². The summed E-state index contributed by atoms with van der Waals surface area (Å²) in [6.07, 6.45) is 3.28. The van der Waals surface area contributed by atoms with Crippen molar-refractivity contribution < 1.29 is 5.11 Å². The first kappa shape index (κ1) is 14.3. The van der Waals surface area contributed by atoms with Gasteiger partial charge < -0.3 is 5.11 Å². The molecule has 0 aliphatic heterocycles. The molecule has 0 amide bonds. The zero-order valence-electron chi connectivity index (χ0n) is 11.7. The summed E-state index contributed by atoms with van der Waals surface area (Å²) in [6, 6.07) is 17.0. The molecule has 6 heteroatoms. The zero-order chi connectivity index (χ0) is 15.2. The molecule has 0 bridgehead atoms. The maximum atomic E-state index is 9.26. The molecular weight excluding hydrogens is 296 g/mol. The number of rotatable bonds is 5. The van der Waals surface area contributed by atoms with Gasteiger partial charge in [-0.3, -0.25) is 0 Å². The lowest BCUT2D eigenvalue weighted by molar-refractivity contribution is 0.475. The van der Waals surface area contributed by atoms with Gasteiger partial charge in [0.15, 0.2) is 0 Å². The Kier molecular flexibility index (Phi) is 4.50. The average molecular weight is 310 g/mol. The van der Waals surface area contributed by atoms with E-state index >= 15 is 0 Å². The lowest BCUT2D eigenvalue weighted by Crippen LogP contribution is -1.92. The third kappa shape index (κ3) is 3.73. The Balaban J connectivity index is 1.68. The van der Waals surface area contributed by atoms with E-state index < -0.39 is 0 Å². The van der Waals surface area contributed by atoms with Gasteiger partial charge in [0.25, 0.3) is 0 Å². The van der Waals surface area contributed by atoms with Crippen LogP contribution in [0.25, 0.3) is 0 Å². The van der Waals surface area contributed by atoms with Crippen molar-refractivity contribution in [2.45, 2.75) is 10.9 Å². The van der Waals surface area contributed by atoms with E-state index in [-0.39, 0.29) is 5.75 Å². The van der Waals surface area contributed by atoms with Crippen molar-refractivity contribution in [3.8, 4) is 5.75 Å². The summed E-state index contributed by atoms with van der Waals surface area (Å²) in [5, 5.41) is 22.3. The predicted molar refractivity (Wildman–Crippen MR) is 87.1 cm³/mol. The molecule has 0 aliphatic rings. The largest absolute Gasteiger partial charge is 0.508 e. The van der Waals surface area contributed by atoms with Crippen molar-refractivity contribution in [2.24, 2.45) is 5.10 Å². The Hall–Kier alpha value is -2.60. The highest BCUT2D eigenvalue weighted by Gasteiger charge is 2.04. The fourth-order valence-electron chi connectivity index (χ4n) is 1.80. The van der Waals surface area contributed by atoms with Crippen LogP contribution in [0.15, 0.2) is 71.2 Å². The number of phenols is 1. The number of hydrogen-bond donors (Lipinski definition) is 1. The molecule has 1 aromatic heterocycles. The topological polar surface area (TPSA) is 63.3 Å². The van der Waals surface area contributed by atoms with E-state index in [9.17, 15) is 5.11 Å². The van der Waals surface area contributed by atoms with Gasteiger partial charge >= 0.3 is 0 Å². The summed E-state index contributed by atoms with van der Waals surface area (Å²) in [6.45, 7) is 0. The summed E-state index contributed by atoms with van der Waals surface area (Å²) in [5.74, 6) is 1.05. The van der Waals surface area contributed by atoms with Gasteiger partial charge in [0, 0.05) is 5.75 Å². The van der Waals surface area contributed by atoms with E-state index in [1.807, 2.05) is 18.2 Å². The molecule has 0 spiro atoms. The van der Waals surface area contributed by atoms with E-state index in [1.165, 1.54) is 5.56 Å². The van der Waals surface area contributed by atoms with Crippen LogP contribution < -0.4 is 0 Å². The molecule has 3 aromatic rings. The Morgan fingerprint density at radius 1 is 1.09 bits per heavy atom. The number of aromatic hydroxyl groups is 1. The summed E-state index contributed by atoms with van der Waals surface area (Å²) in [5.41, 5.74) is 2.12. The van der Waals surface area contributed by atoms with Gasteiger partial charge in [0.05, 0.1) is 6.21 Å². The van der Waals surface area contributed by atoms with Gasteiger partial charge in [-0.2, -0.15) is 9.78 Å². The molecular formula is C16H14N4OS. The molecule has 3 rings (SSSR count). The maximum Gasteiger partial charge on any atom is 0.212 e. The van der Waals surface area contributed by atoms with Crippen molar-refractivity contribution in [1.82, 2.24) is 14.9 Å². The van der Waals surface area contributed by atoms with Crippen LogP contribution in [0.2, 0.25) is 0 Å². The van der Waals surface area contributed by atoms with Gasteiger partial charge in [0.2, 0.25) is 5.16 Å². The highest BCUT2D eigenvalue weighted by Crippen LogP contribution is 2.20. The van der Waals surface area contributed by atoms with E-state index in [1.54, 1.807) is 53.2 Å². The van der Waals surface area contributed by atoms with E-state index in [2.05, 4.69) is 27.4 Å². The molecule has 2 aromatic carbocycles. The quantitative estimate of drug-likeness (QED) is 0.581.